The van der Waals surface area contributed by atoms with Crippen LogP contribution in [0, 0.1) is 13.8 Å². The molecule has 0 saturated carbocycles. The highest BCUT2D eigenvalue weighted by Crippen LogP contribution is 2.34. The van der Waals surface area contributed by atoms with Crippen LogP contribution in [0.25, 0.3) is 5.69 Å². The van der Waals surface area contributed by atoms with Gasteiger partial charge in [-0.3, -0.25) is 4.79 Å². The topological polar surface area (TPSA) is 63.9 Å². The van der Waals surface area contributed by atoms with Crippen molar-refractivity contribution in [2.75, 3.05) is 4.90 Å². The summed E-state index contributed by atoms with van der Waals surface area (Å²) in [5.74, 6) is 0.0814. The molecule has 0 aliphatic carbocycles. The Morgan fingerprint density at radius 2 is 1.96 bits per heavy atom. The predicted molar refractivity (Wildman–Crippen MR) is 111 cm³/mol. The molecule has 1 aliphatic rings. The Morgan fingerprint density at radius 1 is 1.18 bits per heavy atom. The summed E-state index contributed by atoms with van der Waals surface area (Å²) < 4.78 is 1.72. The molecule has 6 nitrogen and oxygen atoms in total. The number of aromatic nitrogens is 4. The van der Waals surface area contributed by atoms with E-state index in [9.17, 15) is 4.79 Å². The molecule has 144 valence electrons. The molecule has 2 aromatic carbocycles. The van der Waals surface area contributed by atoms with Crippen molar-refractivity contribution in [2.45, 2.75) is 50.6 Å². The summed E-state index contributed by atoms with van der Waals surface area (Å²) in [6, 6.07) is 14.5. The summed E-state index contributed by atoms with van der Waals surface area (Å²) >= 11 is 1.39. The second kappa shape index (κ2) is 7.39. The third-order valence-corrected chi connectivity index (χ3v) is 6.13. The highest BCUT2D eigenvalue weighted by molar-refractivity contribution is 8.00. The van der Waals surface area contributed by atoms with Crippen LogP contribution >= 0.6 is 11.8 Å². The summed E-state index contributed by atoms with van der Waals surface area (Å²) in [5.41, 5.74) is 5.40. The van der Waals surface area contributed by atoms with Crippen LogP contribution in [-0.4, -0.2) is 37.4 Å². The monoisotopic (exact) mass is 393 g/mol. The molecule has 0 bridgehead atoms. The molecule has 0 unspecified atom stereocenters. The van der Waals surface area contributed by atoms with E-state index in [4.69, 9.17) is 0 Å². The molecule has 7 heteroatoms. The van der Waals surface area contributed by atoms with Crippen LogP contribution in [0.4, 0.5) is 5.69 Å². The Kier molecular flexibility index (Phi) is 4.93. The standard InChI is InChI=1S/C21H23N5OS/c1-13-9-10-14(2)19(11-13)26-21(22-23-24-26)28-16(4)20(27)25-15(3)12-17-7-5-6-8-18(17)25/h5-11,15-16H,12H2,1-4H3/t15-,16-/m0/s1. The van der Waals surface area contributed by atoms with Crippen molar-refractivity contribution >= 4 is 23.4 Å². The number of tetrazole rings is 1. The minimum atomic E-state index is -0.302. The van der Waals surface area contributed by atoms with E-state index < -0.39 is 0 Å². The third-order valence-electron chi connectivity index (χ3n) is 5.11. The number of hydrogen-bond donors (Lipinski definition) is 0. The Morgan fingerprint density at radius 3 is 2.79 bits per heavy atom. The van der Waals surface area contributed by atoms with Crippen LogP contribution in [-0.2, 0) is 11.2 Å². The first-order chi connectivity index (χ1) is 13.5. The zero-order valence-electron chi connectivity index (χ0n) is 16.5. The van der Waals surface area contributed by atoms with Gasteiger partial charge in [-0.2, -0.15) is 4.68 Å². The highest BCUT2D eigenvalue weighted by Gasteiger charge is 2.34. The van der Waals surface area contributed by atoms with E-state index in [1.165, 1.54) is 17.3 Å². The summed E-state index contributed by atoms with van der Waals surface area (Å²) in [5, 5.41) is 12.5. The lowest BCUT2D eigenvalue weighted by molar-refractivity contribution is -0.118. The Hall–Kier alpha value is -2.67. The summed E-state index contributed by atoms with van der Waals surface area (Å²) in [6.07, 6.45) is 0.888. The average molecular weight is 394 g/mol. The highest BCUT2D eigenvalue weighted by atomic mass is 32.2. The summed E-state index contributed by atoms with van der Waals surface area (Å²) in [6.45, 7) is 8.08. The van der Waals surface area contributed by atoms with E-state index in [-0.39, 0.29) is 17.2 Å². The predicted octanol–water partition coefficient (Wildman–Crippen LogP) is 3.74. The molecule has 1 aliphatic heterocycles. The Balaban J connectivity index is 1.59. The lowest BCUT2D eigenvalue weighted by Gasteiger charge is -2.25. The van der Waals surface area contributed by atoms with Gasteiger partial charge in [-0.05, 0) is 73.4 Å². The largest absolute Gasteiger partial charge is 0.308 e. The normalized spacial score (nSPS) is 16.9. The van der Waals surface area contributed by atoms with Crippen LogP contribution in [0.15, 0.2) is 47.6 Å². The van der Waals surface area contributed by atoms with Gasteiger partial charge in [0.15, 0.2) is 0 Å². The van der Waals surface area contributed by atoms with Crippen LogP contribution < -0.4 is 4.90 Å². The number of fused-ring (bicyclic) bond motifs is 1. The lowest BCUT2D eigenvalue weighted by atomic mass is 10.1. The SMILES string of the molecule is Cc1ccc(C)c(-n2nnnc2S[C@@H](C)C(=O)N2c3ccccc3C[C@@H]2C)c1. The summed E-state index contributed by atoms with van der Waals surface area (Å²) in [7, 11) is 0. The molecule has 2 heterocycles. The van der Waals surface area contributed by atoms with E-state index in [1.54, 1.807) is 4.68 Å². The zero-order chi connectivity index (χ0) is 19.8. The Labute approximate surface area is 168 Å². The van der Waals surface area contributed by atoms with Crippen LogP contribution in [0.2, 0.25) is 0 Å². The molecular formula is C21H23N5OS. The first kappa shape index (κ1) is 18.7. The molecule has 28 heavy (non-hydrogen) atoms. The van der Waals surface area contributed by atoms with Gasteiger partial charge in [0.1, 0.15) is 0 Å². The first-order valence-corrected chi connectivity index (χ1v) is 10.3. The fourth-order valence-corrected chi connectivity index (χ4v) is 4.51. The van der Waals surface area contributed by atoms with Crippen molar-refractivity contribution < 1.29 is 4.79 Å². The maximum atomic E-state index is 13.2. The second-order valence-electron chi connectivity index (χ2n) is 7.31. The van der Waals surface area contributed by atoms with Crippen molar-refractivity contribution in [2.24, 2.45) is 0 Å². The number of rotatable bonds is 4. The van der Waals surface area contributed by atoms with Crippen molar-refractivity contribution in [3.05, 3.63) is 59.2 Å². The number of para-hydroxylation sites is 1. The number of aryl methyl sites for hydroxylation is 2. The zero-order valence-corrected chi connectivity index (χ0v) is 17.3. The van der Waals surface area contributed by atoms with Crippen LogP contribution in [0.3, 0.4) is 0 Å². The fourth-order valence-electron chi connectivity index (χ4n) is 3.66. The number of carbonyl (C=O) groups excluding carboxylic acids is 1. The van der Waals surface area contributed by atoms with Gasteiger partial charge in [0.25, 0.3) is 0 Å². The number of hydrogen-bond acceptors (Lipinski definition) is 5. The maximum Gasteiger partial charge on any atom is 0.240 e. The van der Waals surface area contributed by atoms with Crippen molar-refractivity contribution in [1.82, 2.24) is 20.2 Å². The van der Waals surface area contributed by atoms with Crippen molar-refractivity contribution in [3.63, 3.8) is 0 Å². The van der Waals surface area contributed by atoms with Crippen molar-refractivity contribution in [1.29, 1.82) is 0 Å². The molecule has 3 aromatic rings. The van der Waals surface area contributed by atoms with Crippen molar-refractivity contribution in [3.8, 4) is 5.69 Å². The van der Waals surface area contributed by atoms with E-state index in [2.05, 4.69) is 46.7 Å². The number of benzene rings is 2. The molecule has 0 fully saturated rings. The maximum absolute atomic E-state index is 13.2. The minimum absolute atomic E-state index is 0.0814. The first-order valence-electron chi connectivity index (χ1n) is 9.39. The van der Waals surface area contributed by atoms with Gasteiger partial charge in [0.2, 0.25) is 11.1 Å². The van der Waals surface area contributed by atoms with E-state index in [1.807, 2.05) is 43.9 Å². The third kappa shape index (κ3) is 3.30. The van der Waals surface area contributed by atoms with Gasteiger partial charge in [-0.1, -0.05) is 42.1 Å². The lowest BCUT2D eigenvalue weighted by Crippen LogP contribution is -2.40. The molecule has 0 radical (unpaired) electrons. The molecule has 0 saturated heterocycles. The molecular weight excluding hydrogens is 370 g/mol. The molecule has 1 amide bonds. The number of anilines is 1. The number of thioether (sulfide) groups is 1. The van der Waals surface area contributed by atoms with Gasteiger partial charge in [-0.15, -0.1) is 5.10 Å². The van der Waals surface area contributed by atoms with Gasteiger partial charge in [0.05, 0.1) is 10.9 Å². The number of amides is 1. The average Bonchev–Trinajstić information content (AvgIpc) is 3.26. The molecule has 1 aromatic heterocycles. The number of carbonyl (C=O) groups is 1. The molecule has 2 atom stereocenters. The van der Waals surface area contributed by atoms with Gasteiger partial charge < -0.3 is 4.90 Å². The van der Waals surface area contributed by atoms with Crippen LogP contribution in [0.1, 0.15) is 30.5 Å². The van der Waals surface area contributed by atoms with Gasteiger partial charge >= 0.3 is 0 Å². The van der Waals surface area contributed by atoms with Gasteiger partial charge in [-0.25, -0.2) is 0 Å². The smallest absolute Gasteiger partial charge is 0.240 e. The van der Waals surface area contributed by atoms with E-state index in [0.717, 1.165) is 28.9 Å². The number of nitrogens with zero attached hydrogens (tertiary/aromatic N) is 5. The van der Waals surface area contributed by atoms with E-state index >= 15 is 0 Å². The van der Waals surface area contributed by atoms with Crippen LogP contribution in [0.5, 0.6) is 0 Å². The molecule has 4 rings (SSSR count). The Bertz CT molecular complexity index is 1030. The van der Waals surface area contributed by atoms with E-state index in [0.29, 0.717) is 5.16 Å². The quantitative estimate of drug-likeness (QED) is 0.632. The molecule has 0 N–H and O–H groups in total. The summed E-state index contributed by atoms with van der Waals surface area (Å²) in [4.78, 5) is 15.2. The minimum Gasteiger partial charge on any atom is -0.308 e. The van der Waals surface area contributed by atoms with Gasteiger partial charge in [0, 0.05) is 11.7 Å². The second-order valence-corrected chi connectivity index (χ2v) is 8.62. The molecule has 0 spiro atoms. The fraction of sp³-hybridized carbons (Fsp3) is 0.333.